The lowest BCUT2D eigenvalue weighted by Crippen LogP contribution is -2.43. The van der Waals surface area contributed by atoms with Crippen LogP contribution in [0.25, 0.3) is 0 Å². The Labute approximate surface area is 226 Å². The summed E-state index contributed by atoms with van der Waals surface area (Å²) >= 11 is 0. The van der Waals surface area contributed by atoms with Crippen molar-refractivity contribution in [2.24, 2.45) is 5.92 Å². The van der Waals surface area contributed by atoms with E-state index in [0.29, 0.717) is 51.8 Å². The zero-order valence-electron chi connectivity index (χ0n) is 22.4. The van der Waals surface area contributed by atoms with E-state index in [1.807, 2.05) is 18.2 Å². The van der Waals surface area contributed by atoms with Crippen molar-refractivity contribution in [1.82, 2.24) is 5.32 Å². The molecule has 3 aliphatic rings. The number of ketones is 1. The molecule has 2 aromatic rings. The lowest BCUT2D eigenvalue weighted by molar-refractivity contribution is -0.152. The van der Waals surface area contributed by atoms with Gasteiger partial charge in [0.1, 0.15) is 11.7 Å². The molecule has 9 heteroatoms. The Morgan fingerprint density at radius 3 is 2.51 bits per heavy atom. The Morgan fingerprint density at radius 2 is 1.77 bits per heavy atom. The first-order chi connectivity index (χ1) is 18.9. The normalized spacial score (nSPS) is 21.7. The van der Waals surface area contributed by atoms with E-state index in [9.17, 15) is 14.4 Å². The predicted octanol–water partition coefficient (Wildman–Crippen LogP) is 4.14. The largest absolute Gasteiger partial charge is 0.496 e. The highest BCUT2D eigenvalue weighted by Gasteiger charge is 2.49. The lowest BCUT2D eigenvalue weighted by atomic mass is 9.67. The van der Waals surface area contributed by atoms with Crippen LogP contribution in [0.3, 0.4) is 0 Å². The molecule has 2 heterocycles. The second-order valence-corrected chi connectivity index (χ2v) is 9.47. The summed E-state index contributed by atoms with van der Waals surface area (Å²) in [5, 5.41) is 3.31. The number of hydrogen-bond acceptors (Lipinski definition) is 9. The van der Waals surface area contributed by atoms with Crippen LogP contribution in [0.4, 0.5) is 0 Å². The molecule has 0 bridgehead atoms. The summed E-state index contributed by atoms with van der Waals surface area (Å²) in [4.78, 5) is 41.1. The first-order valence-corrected chi connectivity index (χ1v) is 13.0. The van der Waals surface area contributed by atoms with E-state index in [-0.39, 0.29) is 20.0 Å². The summed E-state index contributed by atoms with van der Waals surface area (Å²) in [5.74, 6) is -2.32. The molecular weight excluding hydrogens is 502 g/mol. The number of rotatable bonds is 7. The molecule has 5 rings (SSSR count). The maximum Gasteiger partial charge on any atom is 0.336 e. The molecule has 3 atom stereocenters. The Bertz CT molecular complexity index is 1390. The number of nitrogens with one attached hydrogen (secondary N) is 1. The summed E-state index contributed by atoms with van der Waals surface area (Å²) in [6.45, 7) is 5.61. The third-order valence-electron chi connectivity index (χ3n) is 7.32. The highest BCUT2D eigenvalue weighted by molar-refractivity contribution is 6.13. The van der Waals surface area contributed by atoms with E-state index >= 15 is 0 Å². The Balaban J connectivity index is 1.69. The minimum Gasteiger partial charge on any atom is -0.496 e. The lowest BCUT2D eigenvalue weighted by Gasteiger charge is -2.39. The summed E-state index contributed by atoms with van der Waals surface area (Å²) in [6, 6.07) is 12.7. The van der Waals surface area contributed by atoms with Gasteiger partial charge in [0.2, 0.25) is 6.79 Å². The molecule has 1 N–H and O–H groups in total. The maximum atomic E-state index is 14.4. The second-order valence-electron chi connectivity index (χ2n) is 9.47. The van der Waals surface area contributed by atoms with Gasteiger partial charge in [0.05, 0.1) is 25.9 Å². The molecule has 1 aliphatic carbocycles. The number of hydrogen-bond donors (Lipinski definition) is 1. The van der Waals surface area contributed by atoms with Crippen molar-refractivity contribution in [3.8, 4) is 17.2 Å². The number of para-hydroxylation sites is 1. The van der Waals surface area contributed by atoms with Crippen LogP contribution in [0, 0.1) is 5.92 Å². The van der Waals surface area contributed by atoms with Crippen LogP contribution in [0.15, 0.2) is 65.0 Å². The van der Waals surface area contributed by atoms with E-state index in [1.165, 1.54) is 0 Å². The summed E-state index contributed by atoms with van der Waals surface area (Å²) in [5.41, 5.74) is 3.26. The average molecular weight is 534 g/mol. The minimum absolute atomic E-state index is 0.0863. The van der Waals surface area contributed by atoms with Crippen molar-refractivity contribution < 1.29 is 38.1 Å². The van der Waals surface area contributed by atoms with E-state index in [4.69, 9.17) is 23.7 Å². The maximum absolute atomic E-state index is 14.4. The fraction of sp³-hybridized carbons (Fsp3) is 0.367. The van der Waals surface area contributed by atoms with Gasteiger partial charge in [-0.2, -0.15) is 0 Å². The topological polar surface area (TPSA) is 109 Å². The molecule has 0 radical (unpaired) electrons. The number of fused-ring (bicyclic) bond motifs is 1. The van der Waals surface area contributed by atoms with Gasteiger partial charge >= 0.3 is 11.9 Å². The quantitative estimate of drug-likeness (QED) is 0.415. The van der Waals surface area contributed by atoms with Gasteiger partial charge in [-0.25, -0.2) is 4.79 Å². The molecule has 39 heavy (non-hydrogen) atoms. The van der Waals surface area contributed by atoms with Crippen molar-refractivity contribution in [2.75, 3.05) is 27.1 Å². The highest BCUT2D eigenvalue weighted by Crippen LogP contribution is 2.50. The third kappa shape index (κ3) is 4.62. The third-order valence-corrected chi connectivity index (χ3v) is 7.32. The van der Waals surface area contributed by atoms with Gasteiger partial charge in [0, 0.05) is 28.8 Å². The van der Waals surface area contributed by atoms with E-state index in [2.05, 4.69) is 5.32 Å². The Kier molecular flexibility index (Phi) is 7.32. The zero-order chi connectivity index (χ0) is 27.7. The van der Waals surface area contributed by atoms with Gasteiger partial charge in [0.25, 0.3) is 0 Å². The molecule has 204 valence electrons. The second kappa shape index (κ2) is 10.8. The number of esters is 2. The minimum atomic E-state index is -1.12. The molecule has 2 aliphatic heterocycles. The summed E-state index contributed by atoms with van der Waals surface area (Å²) < 4.78 is 27.5. The fourth-order valence-electron chi connectivity index (χ4n) is 5.71. The molecule has 0 amide bonds. The van der Waals surface area contributed by atoms with Gasteiger partial charge in [-0.3, -0.25) is 9.59 Å². The van der Waals surface area contributed by atoms with Crippen molar-refractivity contribution in [3.05, 3.63) is 76.1 Å². The Morgan fingerprint density at radius 1 is 1.03 bits per heavy atom. The van der Waals surface area contributed by atoms with Gasteiger partial charge in [-0.15, -0.1) is 0 Å². The number of benzene rings is 2. The number of dihydropyridines is 1. The van der Waals surface area contributed by atoms with E-state index in [1.54, 1.807) is 52.1 Å². The number of carbonyl (C=O) groups is 3. The molecule has 2 aromatic carbocycles. The van der Waals surface area contributed by atoms with Crippen molar-refractivity contribution in [2.45, 2.75) is 39.0 Å². The standard InChI is InChI=1S/C30H31NO8/c1-5-36-29(33)24-16(3)31-20-14-19(18-9-7-8-10-21(18)35-4)26(30(34)37-6-2)28(32)27(20)25(24)17-11-12-22-23(13-17)39-15-38-22/h7-13,19,25-26,31H,5-6,14-15H2,1-4H3/t19-,25-,26+/m0/s1. The highest BCUT2D eigenvalue weighted by atomic mass is 16.7. The molecule has 0 spiro atoms. The van der Waals surface area contributed by atoms with Crippen LogP contribution >= 0.6 is 0 Å². The molecule has 9 nitrogen and oxygen atoms in total. The van der Waals surface area contributed by atoms with Crippen LogP contribution in [0.5, 0.6) is 17.2 Å². The summed E-state index contributed by atoms with van der Waals surface area (Å²) in [7, 11) is 1.56. The van der Waals surface area contributed by atoms with E-state index in [0.717, 1.165) is 5.56 Å². The van der Waals surface area contributed by atoms with Crippen LogP contribution in [-0.4, -0.2) is 44.8 Å². The number of Topliss-reactive ketones (excluding diaryl/α,β-unsaturated/α-hetero) is 1. The average Bonchev–Trinajstić information content (AvgIpc) is 3.40. The molecular formula is C30H31NO8. The van der Waals surface area contributed by atoms with Crippen LogP contribution < -0.4 is 19.5 Å². The predicted molar refractivity (Wildman–Crippen MR) is 140 cm³/mol. The monoisotopic (exact) mass is 533 g/mol. The van der Waals surface area contributed by atoms with E-state index < -0.39 is 35.5 Å². The van der Waals surface area contributed by atoms with Crippen LogP contribution in [-0.2, 0) is 23.9 Å². The number of ether oxygens (including phenoxy) is 5. The van der Waals surface area contributed by atoms with Crippen molar-refractivity contribution in [1.29, 1.82) is 0 Å². The van der Waals surface area contributed by atoms with Crippen molar-refractivity contribution >= 4 is 17.7 Å². The van der Waals surface area contributed by atoms with Crippen molar-refractivity contribution in [3.63, 3.8) is 0 Å². The fourth-order valence-corrected chi connectivity index (χ4v) is 5.71. The summed E-state index contributed by atoms with van der Waals surface area (Å²) in [6.07, 6.45) is 0.333. The van der Waals surface area contributed by atoms with Gasteiger partial charge in [0.15, 0.2) is 17.3 Å². The molecule has 0 aromatic heterocycles. The van der Waals surface area contributed by atoms with Gasteiger partial charge in [-0.05, 0) is 56.5 Å². The molecule has 0 saturated carbocycles. The SMILES string of the molecule is CCOC(=O)C1=C(C)NC2=C(C(=O)[C@H](C(=O)OCC)[C@H](c3ccccc3OC)C2)[C@H]1c1ccc2c(c1)OCO2. The first-order valence-electron chi connectivity index (χ1n) is 13.0. The first kappa shape index (κ1) is 26.3. The smallest absolute Gasteiger partial charge is 0.336 e. The van der Waals surface area contributed by atoms with Gasteiger partial charge in [-0.1, -0.05) is 24.3 Å². The molecule has 0 fully saturated rings. The van der Waals surface area contributed by atoms with Gasteiger partial charge < -0.3 is 29.0 Å². The number of carbonyl (C=O) groups excluding carboxylic acids is 3. The van der Waals surface area contributed by atoms with Crippen LogP contribution in [0.2, 0.25) is 0 Å². The Hall–Kier alpha value is -4.27. The molecule has 0 unspecified atom stereocenters. The number of allylic oxidation sites excluding steroid dienone is 3. The van der Waals surface area contributed by atoms with Crippen LogP contribution in [0.1, 0.15) is 50.2 Å². The zero-order valence-corrected chi connectivity index (χ0v) is 22.4. The molecule has 0 saturated heterocycles. The number of methoxy groups -OCH3 is 1.